The fourth-order valence-corrected chi connectivity index (χ4v) is 5.17. The number of aromatic nitrogens is 2. The molecule has 0 radical (unpaired) electrons. The Morgan fingerprint density at radius 1 is 1.20 bits per heavy atom. The van der Waals surface area contributed by atoms with Gasteiger partial charge in [-0.15, -0.1) is 0 Å². The molecule has 152 valence electrons. The van der Waals surface area contributed by atoms with Gasteiger partial charge >= 0.3 is 0 Å². The predicted octanol–water partition coefficient (Wildman–Crippen LogP) is 3.31. The minimum absolute atomic E-state index is 0.194. The van der Waals surface area contributed by atoms with Crippen LogP contribution in [-0.4, -0.2) is 45.5 Å². The highest BCUT2D eigenvalue weighted by Crippen LogP contribution is 2.52. The Balaban J connectivity index is 1.21. The van der Waals surface area contributed by atoms with Gasteiger partial charge in [-0.2, -0.15) is 5.10 Å². The molecule has 3 aliphatic heterocycles. The van der Waals surface area contributed by atoms with Crippen LogP contribution in [-0.2, 0) is 14.9 Å². The topological polar surface area (TPSA) is 59.7 Å². The summed E-state index contributed by atoms with van der Waals surface area (Å²) in [6, 6.07) is 8.30. The van der Waals surface area contributed by atoms with Crippen LogP contribution in [0.2, 0.25) is 0 Å². The lowest BCUT2D eigenvalue weighted by atomic mass is 9.82. The second-order valence-electron chi connectivity index (χ2n) is 8.97. The van der Waals surface area contributed by atoms with E-state index in [2.05, 4.69) is 40.4 Å². The molecule has 1 saturated carbocycles. The molecule has 1 amide bonds. The second kappa shape index (κ2) is 6.17. The van der Waals surface area contributed by atoms with E-state index in [0.717, 1.165) is 48.2 Å². The summed E-state index contributed by atoms with van der Waals surface area (Å²) in [7, 11) is 0. The van der Waals surface area contributed by atoms with Crippen LogP contribution in [0.3, 0.4) is 0 Å². The maximum atomic E-state index is 13.6. The number of benzene rings is 1. The molecule has 0 bridgehead atoms. The highest BCUT2D eigenvalue weighted by Gasteiger charge is 2.57. The largest absolute Gasteiger partial charge is 0.492 e. The first-order valence-electron chi connectivity index (χ1n) is 10.6. The Kier molecular flexibility index (Phi) is 3.64. The number of nitrogens with zero attached hydrogens (tertiary/aromatic N) is 4. The standard InChI is InChI=1S/C24H24N4O2/c1-17-12-26-28(14-17)20-4-2-19(3-5-20)23(7-8-23)22(29)27-11-9-24(16-27)21-6-10-25-13-18(21)15-30-24/h2-6,10,12-15,21H,7-9,11,16H2,1H3. The monoisotopic (exact) mass is 400 g/mol. The highest BCUT2D eigenvalue weighted by molar-refractivity contribution is 5.92. The summed E-state index contributed by atoms with van der Waals surface area (Å²) < 4.78 is 7.99. The van der Waals surface area contributed by atoms with Crippen LogP contribution in [0.4, 0.5) is 0 Å². The van der Waals surface area contributed by atoms with E-state index in [4.69, 9.17) is 4.74 Å². The summed E-state index contributed by atoms with van der Waals surface area (Å²) in [6.07, 6.45) is 14.2. The van der Waals surface area contributed by atoms with E-state index in [-0.39, 0.29) is 22.8 Å². The van der Waals surface area contributed by atoms with E-state index in [1.165, 1.54) is 0 Å². The zero-order chi connectivity index (χ0) is 20.3. The van der Waals surface area contributed by atoms with Gasteiger partial charge in [0.25, 0.3) is 0 Å². The molecule has 2 atom stereocenters. The first-order valence-corrected chi connectivity index (χ1v) is 10.6. The lowest BCUT2D eigenvalue weighted by Gasteiger charge is -2.31. The molecule has 2 fully saturated rings. The Morgan fingerprint density at radius 2 is 2.03 bits per heavy atom. The number of aliphatic imine (C=N–C) groups is 1. The summed E-state index contributed by atoms with van der Waals surface area (Å²) in [5.41, 5.74) is 3.66. The summed E-state index contributed by atoms with van der Waals surface area (Å²) in [6.45, 7) is 3.41. The van der Waals surface area contributed by atoms with Crippen molar-refractivity contribution in [2.24, 2.45) is 10.9 Å². The molecule has 2 unspecified atom stereocenters. The predicted molar refractivity (Wildman–Crippen MR) is 113 cm³/mol. The van der Waals surface area contributed by atoms with Crippen molar-refractivity contribution in [3.63, 3.8) is 0 Å². The van der Waals surface area contributed by atoms with Gasteiger partial charge in [0.1, 0.15) is 5.60 Å². The number of ether oxygens (including phenoxy) is 1. The third-order valence-electron chi connectivity index (χ3n) is 7.05. The third kappa shape index (κ3) is 2.52. The minimum Gasteiger partial charge on any atom is -0.492 e. The molecular formula is C24H24N4O2. The Labute approximate surface area is 175 Å². The highest BCUT2D eigenvalue weighted by atomic mass is 16.5. The van der Waals surface area contributed by atoms with E-state index >= 15 is 0 Å². The van der Waals surface area contributed by atoms with E-state index in [9.17, 15) is 4.79 Å². The Bertz CT molecular complexity index is 1110. The van der Waals surface area contributed by atoms with Crippen LogP contribution in [0.1, 0.15) is 30.4 Å². The van der Waals surface area contributed by atoms with Crippen molar-refractivity contribution < 1.29 is 9.53 Å². The number of amides is 1. The van der Waals surface area contributed by atoms with Crippen LogP contribution in [0, 0.1) is 12.8 Å². The van der Waals surface area contributed by atoms with Crippen molar-refractivity contribution in [1.29, 1.82) is 0 Å². The van der Waals surface area contributed by atoms with Crippen molar-refractivity contribution >= 4 is 12.1 Å². The average molecular weight is 400 g/mol. The first kappa shape index (κ1) is 17.7. The number of fused-ring (bicyclic) bond motifs is 2. The molecule has 1 aromatic carbocycles. The fraction of sp³-hybridized carbons (Fsp3) is 0.375. The van der Waals surface area contributed by atoms with Crippen LogP contribution < -0.4 is 0 Å². The maximum Gasteiger partial charge on any atom is 0.233 e. The molecule has 0 N–H and O–H groups in total. The van der Waals surface area contributed by atoms with Gasteiger partial charge < -0.3 is 9.64 Å². The van der Waals surface area contributed by atoms with E-state index in [1.807, 2.05) is 47.6 Å². The molecule has 1 spiro atoms. The van der Waals surface area contributed by atoms with Crippen molar-refractivity contribution in [1.82, 2.24) is 14.7 Å². The summed E-state index contributed by atoms with van der Waals surface area (Å²) in [5, 5.41) is 4.37. The van der Waals surface area contributed by atoms with Gasteiger partial charge in [-0.25, -0.2) is 4.68 Å². The van der Waals surface area contributed by atoms with Gasteiger partial charge in [-0.05, 0) is 43.0 Å². The Hall–Kier alpha value is -3.15. The number of likely N-dealkylation sites (tertiary alicyclic amines) is 1. The molecule has 4 aliphatic rings. The lowest BCUT2D eigenvalue weighted by Crippen LogP contribution is -2.44. The number of hydrogen-bond donors (Lipinski definition) is 0. The van der Waals surface area contributed by atoms with Gasteiger partial charge in [-0.1, -0.05) is 18.2 Å². The van der Waals surface area contributed by atoms with Crippen molar-refractivity contribution in [2.45, 2.75) is 37.2 Å². The Morgan fingerprint density at radius 3 is 2.77 bits per heavy atom. The second-order valence-corrected chi connectivity index (χ2v) is 8.97. The number of hydrogen-bond acceptors (Lipinski definition) is 4. The van der Waals surface area contributed by atoms with Gasteiger partial charge in [0.2, 0.25) is 5.91 Å². The van der Waals surface area contributed by atoms with Crippen molar-refractivity contribution in [2.75, 3.05) is 13.1 Å². The molecule has 4 heterocycles. The normalized spacial score (nSPS) is 27.8. The van der Waals surface area contributed by atoms with E-state index in [0.29, 0.717) is 6.54 Å². The van der Waals surface area contributed by atoms with E-state index in [1.54, 1.807) is 0 Å². The SMILES string of the molecule is Cc1cnn(-c2ccc(C3(C(=O)N4CCC5(C4)OC=C4C=NC=CC45)CC3)cc2)c1. The number of rotatable bonds is 3. The molecule has 1 saturated heterocycles. The molecule has 2 aromatic rings. The summed E-state index contributed by atoms with van der Waals surface area (Å²) in [4.78, 5) is 19.8. The van der Waals surface area contributed by atoms with Gasteiger partial charge in [0.15, 0.2) is 0 Å². The van der Waals surface area contributed by atoms with Crippen LogP contribution in [0.5, 0.6) is 0 Å². The van der Waals surface area contributed by atoms with E-state index < -0.39 is 0 Å². The molecule has 6 heteroatoms. The molecule has 30 heavy (non-hydrogen) atoms. The van der Waals surface area contributed by atoms with Crippen LogP contribution >= 0.6 is 0 Å². The summed E-state index contributed by atoms with van der Waals surface area (Å²) in [5.74, 6) is 0.437. The minimum atomic E-state index is -0.372. The average Bonchev–Trinajstić information content (AvgIpc) is 3.11. The smallest absolute Gasteiger partial charge is 0.233 e. The number of aryl methyl sites for hydroxylation is 1. The zero-order valence-electron chi connectivity index (χ0n) is 17.0. The third-order valence-corrected chi connectivity index (χ3v) is 7.05. The fourth-order valence-electron chi connectivity index (χ4n) is 5.17. The van der Waals surface area contributed by atoms with Crippen molar-refractivity contribution in [3.05, 3.63) is 71.9 Å². The van der Waals surface area contributed by atoms with Gasteiger partial charge in [0, 0.05) is 43.1 Å². The van der Waals surface area contributed by atoms with Gasteiger partial charge in [-0.3, -0.25) is 9.79 Å². The van der Waals surface area contributed by atoms with Gasteiger partial charge in [0.05, 0.1) is 30.1 Å². The molecule has 1 aromatic heterocycles. The van der Waals surface area contributed by atoms with Crippen LogP contribution in [0.25, 0.3) is 5.69 Å². The maximum absolute atomic E-state index is 13.6. The first-order chi connectivity index (χ1) is 14.6. The molecule has 6 nitrogen and oxygen atoms in total. The molecule has 1 aliphatic carbocycles. The zero-order valence-corrected chi connectivity index (χ0v) is 17.0. The number of carbonyl (C=O) groups excluding carboxylic acids is 1. The van der Waals surface area contributed by atoms with Crippen molar-refractivity contribution in [3.8, 4) is 5.69 Å². The lowest BCUT2D eigenvalue weighted by molar-refractivity contribution is -0.134. The van der Waals surface area contributed by atoms with Crippen LogP contribution in [0.15, 0.2) is 65.8 Å². The molecular weight excluding hydrogens is 376 g/mol. The quantitative estimate of drug-likeness (QED) is 0.794. The number of carbonyl (C=O) groups is 1. The molecule has 6 rings (SSSR count). The summed E-state index contributed by atoms with van der Waals surface area (Å²) >= 11 is 0.